The number of carbonyl (C=O) groups is 2. The Morgan fingerprint density at radius 2 is 2.21 bits per heavy atom. The first-order chi connectivity index (χ1) is 6.68. The summed E-state index contributed by atoms with van der Waals surface area (Å²) in [6.07, 6.45) is -0.146. The Kier molecular flexibility index (Phi) is 4.55. The first-order valence-corrected chi connectivity index (χ1v) is 4.64. The highest BCUT2D eigenvalue weighted by Crippen LogP contribution is 1.98. The van der Waals surface area contributed by atoms with Crippen molar-refractivity contribution in [2.24, 2.45) is 0 Å². The molecule has 0 aromatic carbocycles. The van der Waals surface area contributed by atoms with Gasteiger partial charge in [0.05, 0.1) is 32.3 Å². The Balaban J connectivity index is 2.12. The van der Waals surface area contributed by atoms with Crippen LogP contribution in [0, 0.1) is 0 Å². The first-order valence-electron chi connectivity index (χ1n) is 4.64. The summed E-state index contributed by atoms with van der Waals surface area (Å²) in [6.45, 7) is 3.47. The summed E-state index contributed by atoms with van der Waals surface area (Å²) >= 11 is 0. The second-order valence-corrected chi connectivity index (χ2v) is 3.25. The summed E-state index contributed by atoms with van der Waals surface area (Å²) in [7, 11) is 0. The van der Waals surface area contributed by atoms with Gasteiger partial charge >= 0.3 is 0 Å². The van der Waals surface area contributed by atoms with Crippen molar-refractivity contribution in [3.05, 3.63) is 0 Å². The predicted octanol–water partition coefficient (Wildman–Crippen LogP) is -0.503. The number of hydrogen-bond acceptors (Lipinski definition) is 4. The molecule has 5 nitrogen and oxygen atoms in total. The zero-order valence-corrected chi connectivity index (χ0v) is 8.25. The molecule has 1 N–H and O–H groups in total. The average Bonchev–Trinajstić information content (AvgIpc) is 2.15. The van der Waals surface area contributed by atoms with Crippen molar-refractivity contribution in [3.8, 4) is 0 Å². The van der Waals surface area contributed by atoms with Crippen LogP contribution in [0.4, 0.5) is 0 Å². The number of amides is 1. The number of ether oxygens (including phenoxy) is 2. The van der Waals surface area contributed by atoms with Gasteiger partial charge in [0, 0.05) is 6.54 Å². The third kappa shape index (κ3) is 4.34. The van der Waals surface area contributed by atoms with Crippen molar-refractivity contribution in [1.82, 2.24) is 5.32 Å². The van der Waals surface area contributed by atoms with E-state index in [1.54, 1.807) is 0 Å². The minimum Gasteiger partial charge on any atom is -0.376 e. The highest BCUT2D eigenvalue weighted by atomic mass is 16.6. The molecule has 0 aromatic rings. The van der Waals surface area contributed by atoms with Crippen LogP contribution in [0.15, 0.2) is 0 Å². The minimum atomic E-state index is -0.258. The van der Waals surface area contributed by atoms with Gasteiger partial charge in [-0.1, -0.05) is 0 Å². The average molecular weight is 201 g/mol. The molecular weight excluding hydrogens is 186 g/mol. The Hall–Kier alpha value is -0.940. The number of nitrogens with one attached hydrogen (secondary N) is 1. The molecule has 1 fully saturated rings. The van der Waals surface area contributed by atoms with Gasteiger partial charge in [-0.3, -0.25) is 9.59 Å². The van der Waals surface area contributed by atoms with Crippen molar-refractivity contribution in [3.63, 3.8) is 0 Å². The summed E-state index contributed by atoms with van der Waals surface area (Å²) in [6, 6.07) is 0. The van der Waals surface area contributed by atoms with E-state index in [0.717, 1.165) is 0 Å². The van der Waals surface area contributed by atoms with Crippen molar-refractivity contribution in [2.75, 3.05) is 26.4 Å². The van der Waals surface area contributed by atoms with E-state index < -0.39 is 0 Å². The molecule has 5 heteroatoms. The number of hydrogen-bond donors (Lipinski definition) is 1. The quantitative estimate of drug-likeness (QED) is 0.623. The maximum absolute atomic E-state index is 11.1. The van der Waals surface area contributed by atoms with Crippen molar-refractivity contribution < 1.29 is 19.1 Å². The maximum Gasteiger partial charge on any atom is 0.227 e. The fourth-order valence-corrected chi connectivity index (χ4v) is 1.17. The number of carbonyl (C=O) groups excluding carboxylic acids is 2. The van der Waals surface area contributed by atoms with Crippen LogP contribution in [-0.2, 0) is 19.1 Å². The van der Waals surface area contributed by atoms with Gasteiger partial charge in [0.25, 0.3) is 0 Å². The fraction of sp³-hybridized carbons (Fsp3) is 0.778. The molecule has 1 rings (SSSR count). The molecule has 80 valence electrons. The molecule has 0 bridgehead atoms. The monoisotopic (exact) mass is 201 g/mol. The molecule has 14 heavy (non-hydrogen) atoms. The number of rotatable bonds is 4. The Morgan fingerprint density at radius 1 is 1.43 bits per heavy atom. The van der Waals surface area contributed by atoms with Gasteiger partial charge in [0.1, 0.15) is 5.78 Å². The molecule has 1 aliphatic rings. The third-order valence-electron chi connectivity index (χ3n) is 1.82. The molecule has 1 amide bonds. The first kappa shape index (κ1) is 11.1. The van der Waals surface area contributed by atoms with Crippen LogP contribution in [0.25, 0.3) is 0 Å². The highest BCUT2D eigenvalue weighted by Gasteiger charge is 2.15. The van der Waals surface area contributed by atoms with Gasteiger partial charge in [0.2, 0.25) is 5.91 Å². The van der Waals surface area contributed by atoms with Crippen LogP contribution < -0.4 is 5.32 Å². The lowest BCUT2D eigenvalue weighted by Gasteiger charge is -2.22. The molecule has 0 aromatic heterocycles. The van der Waals surface area contributed by atoms with Crippen LogP contribution in [-0.4, -0.2) is 44.2 Å². The maximum atomic E-state index is 11.1. The molecule has 1 aliphatic heterocycles. The molecule has 0 radical (unpaired) electrons. The second kappa shape index (κ2) is 5.72. The topological polar surface area (TPSA) is 64.6 Å². The van der Waals surface area contributed by atoms with E-state index in [1.807, 2.05) is 0 Å². The summed E-state index contributed by atoms with van der Waals surface area (Å²) in [5.41, 5.74) is 0. The standard InChI is InChI=1S/C9H15NO4/c1-7(11)4-9(12)10-5-8-6-13-2-3-14-8/h8H,2-6H2,1H3,(H,10,12). The lowest BCUT2D eigenvalue weighted by atomic mass is 10.3. The van der Waals surface area contributed by atoms with Crippen LogP contribution in [0.1, 0.15) is 13.3 Å². The Labute approximate surface area is 82.8 Å². The normalized spacial score (nSPS) is 21.6. The highest BCUT2D eigenvalue weighted by molar-refractivity contribution is 5.96. The largest absolute Gasteiger partial charge is 0.376 e. The predicted molar refractivity (Wildman–Crippen MR) is 48.9 cm³/mol. The van der Waals surface area contributed by atoms with E-state index in [0.29, 0.717) is 26.4 Å². The molecule has 1 unspecified atom stereocenters. The lowest BCUT2D eigenvalue weighted by molar-refractivity contribution is -0.128. The molecule has 0 spiro atoms. The van der Waals surface area contributed by atoms with Crippen molar-refractivity contribution in [2.45, 2.75) is 19.4 Å². The van der Waals surface area contributed by atoms with Crippen molar-refractivity contribution >= 4 is 11.7 Å². The van der Waals surface area contributed by atoms with Crippen LogP contribution >= 0.6 is 0 Å². The van der Waals surface area contributed by atoms with E-state index in [2.05, 4.69) is 5.32 Å². The summed E-state index contributed by atoms with van der Waals surface area (Å²) in [5.74, 6) is -0.394. The van der Waals surface area contributed by atoms with Crippen LogP contribution in [0.3, 0.4) is 0 Å². The molecule has 1 saturated heterocycles. The van der Waals surface area contributed by atoms with Gasteiger partial charge in [-0.15, -0.1) is 0 Å². The second-order valence-electron chi connectivity index (χ2n) is 3.25. The van der Waals surface area contributed by atoms with Gasteiger partial charge in [-0.25, -0.2) is 0 Å². The van der Waals surface area contributed by atoms with Gasteiger partial charge < -0.3 is 14.8 Å². The van der Waals surface area contributed by atoms with E-state index >= 15 is 0 Å². The van der Waals surface area contributed by atoms with Crippen molar-refractivity contribution in [1.29, 1.82) is 0 Å². The molecular formula is C9H15NO4. The van der Waals surface area contributed by atoms with E-state index in [4.69, 9.17) is 9.47 Å². The zero-order valence-electron chi connectivity index (χ0n) is 8.25. The van der Waals surface area contributed by atoms with Crippen LogP contribution in [0.5, 0.6) is 0 Å². The molecule has 1 atom stereocenters. The molecule has 0 aliphatic carbocycles. The number of Topliss-reactive ketones (excluding diaryl/α,β-unsaturated/α-hetero) is 1. The zero-order chi connectivity index (χ0) is 10.4. The fourth-order valence-electron chi connectivity index (χ4n) is 1.17. The smallest absolute Gasteiger partial charge is 0.227 e. The third-order valence-corrected chi connectivity index (χ3v) is 1.82. The van der Waals surface area contributed by atoms with E-state index in [9.17, 15) is 9.59 Å². The molecule has 0 saturated carbocycles. The molecule has 1 heterocycles. The summed E-state index contributed by atoms with van der Waals surface area (Å²) in [4.78, 5) is 21.7. The summed E-state index contributed by atoms with van der Waals surface area (Å²) in [5, 5.41) is 2.62. The number of ketones is 1. The van der Waals surface area contributed by atoms with Gasteiger partial charge in [-0.05, 0) is 6.92 Å². The van der Waals surface area contributed by atoms with Gasteiger partial charge in [0.15, 0.2) is 0 Å². The van der Waals surface area contributed by atoms with E-state index in [1.165, 1.54) is 6.92 Å². The van der Waals surface area contributed by atoms with Crippen LogP contribution in [0.2, 0.25) is 0 Å². The SMILES string of the molecule is CC(=O)CC(=O)NCC1COCCO1. The lowest BCUT2D eigenvalue weighted by Crippen LogP contribution is -2.40. The van der Waals surface area contributed by atoms with Gasteiger partial charge in [-0.2, -0.15) is 0 Å². The Bertz CT molecular complexity index is 211. The summed E-state index contributed by atoms with van der Waals surface area (Å²) < 4.78 is 10.5. The van der Waals surface area contributed by atoms with E-state index in [-0.39, 0.29) is 24.2 Å². The minimum absolute atomic E-state index is 0.0619. The Morgan fingerprint density at radius 3 is 2.79 bits per heavy atom.